The van der Waals surface area contributed by atoms with Gasteiger partial charge in [-0.2, -0.15) is 0 Å². The van der Waals surface area contributed by atoms with E-state index in [1.807, 2.05) is 25.1 Å². The Bertz CT molecular complexity index is 588. The molecule has 0 radical (unpaired) electrons. The topological polar surface area (TPSA) is 38.0 Å². The molecule has 0 aliphatic rings. The molecule has 1 unspecified atom stereocenters. The third-order valence-electron chi connectivity index (χ3n) is 3.52. The van der Waals surface area contributed by atoms with Crippen LogP contribution in [0.15, 0.2) is 36.4 Å². The summed E-state index contributed by atoms with van der Waals surface area (Å²) in [5.74, 6) is 5.74. The smallest absolute Gasteiger partial charge is 0.0515 e. The van der Waals surface area contributed by atoms with Crippen LogP contribution in [0.4, 0.5) is 0 Å². The zero-order chi connectivity index (χ0) is 14.7. The van der Waals surface area contributed by atoms with Gasteiger partial charge in [-0.05, 0) is 43.9 Å². The van der Waals surface area contributed by atoms with E-state index >= 15 is 0 Å². The van der Waals surface area contributed by atoms with Crippen molar-refractivity contribution in [1.29, 1.82) is 0 Å². The van der Waals surface area contributed by atoms with Gasteiger partial charge >= 0.3 is 0 Å². The van der Waals surface area contributed by atoms with E-state index in [4.69, 9.17) is 17.4 Å². The summed E-state index contributed by atoms with van der Waals surface area (Å²) in [6.45, 7) is 6.23. The minimum Gasteiger partial charge on any atom is -0.271 e. The number of hydrogen-bond donors (Lipinski definition) is 2. The van der Waals surface area contributed by atoms with Gasteiger partial charge in [-0.3, -0.25) is 11.3 Å². The fourth-order valence-electron chi connectivity index (χ4n) is 2.62. The lowest BCUT2D eigenvalue weighted by molar-refractivity contribution is 0.551. The maximum Gasteiger partial charge on any atom is 0.0515 e. The Hall–Kier alpha value is -1.35. The molecule has 1 atom stereocenters. The third-order valence-corrected chi connectivity index (χ3v) is 4.04. The van der Waals surface area contributed by atoms with Gasteiger partial charge in [-0.1, -0.05) is 59.1 Å². The lowest BCUT2D eigenvalue weighted by atomic mass is 9.96. The number of hydrogen-bond acceptors (Lipinski definition) is 2. The summed E-state index contributed by atoms with van der Waals surface area (Å²) in [5, 5.41) is 0.792. The Balaban J connectivity index is 2.31. The van der Waals surface area contributed by atoms with Gasteiger partial charge in [0.2, 0.25) is 0 Å². The largest absolute Gasteiger partial charge is 0.271 e. The van der Waals surface area contributed by atoms with Crippen LogP contribution in [-0.2, 0) is 6.42 Å². The van der Waals surface area contributed by atoms with E-state index in [1.165, 1.54) is 16.7 Å². The maximum absolute atomic E-state index is 6.40. The van der Waals surface area contributed by atoms with E-state index < -0.39 is 0 Å². The zero-order valence-corrected chi connectivity index (χ0v) is 13.0. The standard InChI is InChI=1S/C17H21ClN2/c1-11-7-12(2)9-14(8-11)10-16(20-19)15-6-4-5-13(3)17(15)18/h4-9,16,20H,10,19H2,1-3H3. The van der Waals surface area contributed by atoms with Crippen LogP contribution in [0.2, 0.25) is 5.02 Å². The van der Waals surface area contributed by atoms with Crippen LogP contribution >= 0.6 is 11.6 Å². The first-order valence-corrected chi connectivity index (χ1v) is 7.17. The van der Waals surface area contributed by atoms with Crippen LogP contribution in [0, 0.1) is 20.8 Å². The lowest BCUT2D eigenvalue weighted by Crippen LogP contribution is -2.30. The molecular formula is C17H21ClN2. The summed E-state index contributed by atoms with van der Waals surface area (Å²) in [5.41, 5.74) is 8.82. The van der Waals surface area contributed by atoms with Crippen molar-refractivity contribution in [3.8, 4) is 0 Å². The van der Waals surface area contributed by atoms with E-state index in [9.17, 15) is 0 Å². The average molecular weight is 289 g/mol. The van der Waals surface area contributed by atoms with Crippen LogP contribution in [0.25, 0.3) is 0 Å². The maximum atomic E-state index is 6.40. The molecule has 0 fully saturated rings. The van der Waals surface area contributed by atoms with Gasteiger partial charge in [-0.25, -0.2) is 0 Å². The molecule has 0 heterocycles. The van der Waals surface area contributed by atoms with Crippen LogP contribution in [0.1, 0.15) is 33.9 Å². The summed E-state index contributed by atoms with van der Waals surface area (Å²) in [6, 6.07) is 12.6. The van der Waals surface area contributed by atoms with Crippen molar-refractivity contribution in [2.45, 2.75) is 33.2 Å². The number of benzene rings is 2. The molecule has 0 bridgehead atoms. The van der Waals surface area contributed by atoms with Gasteiger partial charge in [0.05, 0.1) is 6.04 Å². The van der Waals surface area contributed by atoms with Gasteiger partial charge < -0.3 is 0 Å². The van der Waals surface area contributed by atoms with E-state index in [0.29, 0.717) is 0 Å². The van der Waals surface area contributed by atoms with E-state index in [1.54, 1.807) is 0 Å². The minimum absolute atomic E-state index is 0.0172. The fourth-order valence-corrected chi connectivity index (χ4v) is 2.88. The summed E-state index contributed by atoms with van der Waals surface area (Å²) in [7, 11) is 0. The number of halogens is 1. The molecule has 2 aromatic carbocycles. The summed E-state index contributed by atoms with van der Waals surface area (Å²) in [4.78, 5) is 0. The molecular weight excluding hydrogens is 268 g/mol. The highest BCUT2D eigenvalue weighted by Gasteiger charge is 2.15. The molecule has 0 aromatic heterocycles. The molecule has 0 aliphatic heterocycles. The van der Waals surface area contributed by atoms with Crippen molar-refractivity contribution in [1.82, 2.24) is 5.43 Å². The Morgan fingerprint density at radius 2 is 1.75 bits per heavy atom. The number of nitrogens with one attached hydrogen (secondary N) is 1. The average Bonchev–Trinajstić information content (AvgIpc) is 2.38. The van der Waals surface area contributed by atoms with Gasteiger partial charge in [0.1, 0.15) is 0 Å². The molecule has 0 saturated heterocycles. The van der Waals surface area contributed by atoms with Gasteiger partial charge in [0.25, 0.3) is 0 Å². The van der Waals surface area contributed by atoms with Crippen molar-refractivity contribution in [3.05, 3.63) is 69.2 Å². The first kappa shape index (κ1) is 15.0. The van der Waals surface area contributed by atoms with E-state index in [2.05, 4.69) is 37.5 Å². The van der Waals surface area contributed by atoms with Crippen molar-refractivity contribution in [2.24, 2.45) is 5.84 Å². The van der Waals surface area contributed by atoms with E-state index in [-0.39, 0.29) is 6.04 Å². The second-order valence-electron chi connectivity index (χ2n) is 5.40. The van der Waals surface area contributed by atoms with Crippen LogP contribution in [-0.4, -0.2) is 0 Å². The van der Waals surface area contributed by atoms with Crippen molar-refractivity contribution in [3.63, 3.8) is 0 Å². The van der Waals surface area contributed by atoms with E-state index in [0.717, 1.165) is 22.6 Å². The van der Waals surface area contributed by atoms with Gasteiger partial charge in [-0.15, -0.1) is 0 Å². The molecule has 3 heteroatoms. The highest BCUT2D eigenvalue weighted by atomic mass is 35.5. The molecule has 3 N–H and O–H groups in total. The van der Waals surface area contributed by atoms with Crippen molar-refractivity contribution >= 4 is 11.6 Å². The zero-order valence-electron chi connectivity index (χ0n) is 12.2. The Morgan fingerprint density at radius 1 is 1.10 bits per heavy atom. The Labute approximate surface area is 125 Å². The van der Waals surface area contributed by atoms with Gasteiger partial charge in [0, 0.05) is 5.02 Å². The predicted octanol–water partition coefficient (Wildman–Crippen LogP) is 4.01. The molecule has 0 amide bonds. The summed E-state index contributed by atoms with van der Waals surface area (Å²) >= 11 is 6.40. The molecule has 0 aliphatic carbocycles. The number of rotatable bonds is 4. The molecule has 2 rings (SSSR count). The highest BCUT2D eigenvalue weighted by molar-refractivity contribution is 6.32. The second-order valence-corrected chi connectivity index (χ2v) is 5.78. The first-order valence-electron chi connectivity index (χ1n) is 6.79. The third kappa shape index (κ3) is 3.40. The predicted molar refractivity (Wildman–Crippen MR) is 85.9 cm³/mol. The van der Waals surface area contributed by atoms with Crippen LogP contribution < -0.4 is 11.3 Å². The van der Waals surface area contributed by atoms with Gasteiger partial charge in [0.15, 0.2) is 0 Å². The molecule has 2 aromatic rings. The number of aryl methyl sites for hydroxylation is 3. The SMILES string of the molecule is Cc1cc(C)cc(CC(NN)c2cccc(C)c2Cl)c1. The fraction of sp³-hybridized carbons (Fsp3) is 0.294. The summed E-state index contributed by atoms with van der Waals surface area (Å²) in [6.07, 6.45) is 0.822. The second kappa shape index (κ2) is 6.40. The monoisotopic (exact) mass is 288 g/mol. The summed E-state index contributed by atoms with van der Waals surface area (Å²) < 4.78 is 0. The van der Waals surface area contributed by atoms with Crippen LogP contribution in [0.5, 0.6) is 0 Å². The Morgan fingerprint density at radius 3 is 2.35 bits per heavy atom. The van der Waals surface area contributed by atoms with Crippen LogP contribution in [0.3, 0.4) is 0 Å². The first-order chi connectivity index (χ1) is 9.51. The lowest BCUT2D eigenvalue weighted by Gasteiger charge is -2.19. The number of hydrazine groups is 1. The molecule has 0 saturated carbocycles. The van der Waals surface area contributed by atoms with Crippen molar-refractivity contribution in [2.75, 3.05) is 0 Å². The Kier molecular flexibility index (Phi) is 4.81. The molecule has 20 heavy (non-hydrogen) atoms. The molecule has 2 nitrogen and oxygen atoms in total. The molecule has 0 spiro atoms. The minimum atomic E-state index is 0.0172. The normalized spacial score (nSPS) is 12.4. The molecule has 106 valence electrons. The quantitative estimate of drug-likeness (QED) is 0.659. The van der Waals surface area contributed by atoms with Crippen molar-refractivity contribution < 1.29 is 0 Å². The highest BCUT2D eigenvalue weighted by Crippen LogP contribution is 2.28. The number of nitrogens with two attached hydrogens (primary N) is 1.